The summed E-state index contributed by atoms with van der Waals surface area (Å²) < 4.78 is 10.5. The smallest absolute Gasteiger partial charge is 0.349 e. The Morgan fingerprint density at radius 2 is 1.11 bits per heavy atom. The standard InChI is InChI=1S/C28H27NO7/c1-16-5-10-20(11-6-16)27(33)35-23(25(30)29-22-14-9-18(3)15-19(22)4)24(26(31)32)36-28(34)21-12-7-17(2)8-13-21/h5-15,23-24H,1-4H3,(H,29,30)(H,31,32)/t23-,24-/m0/s1. The van der Waals surface area contributed by atoms with Crippen LogP contribution in [0.4, 0.5) is 5.69 Å². The number of aryl methyl sites for hydroxylation is 4. The molecule has 2 N–H and O–H groups in total. The van der Waals surface area contributed by atoms with Gasteiger partial charge in [-0.15, -0.1) is 0 Å². The van der Waals surface area contributed by atoms with E-state index in [4.69, 9.17) is 9.47 Å². The van der Waals surface area contributed by atoms with Crippen molar-refractivity contribution in [2.45, 2.75) is 39.9 Å². The number of aliphatic carboxylic acids is 1. The van der Waals surface area contributed by atoms with Crippen LogP contribution >= 0.6 is 0 Å². The Morgan fingerprint density at radius 1 is 0.667 bits per heavy atom. The number of carboxylic acids is 1. The van der Waals surface area contributed by atoms with E-state index in [9.17, 15) is 24.3 Å². The first kappa shape index (κ1) is 26.2. The van der Waals surface area contributed by atoms with Crippen molar-refractivity contribution in [2.24, 2.45) is 0 Å². The number of amides is 1. The Bertz CT molecular complexity index is 1280. The van der Waals surface area contributed by atoms with Crippen LogP contribution in [0.2, 0.25) is 0 Å². The number of benzene rings is 3. The Hall–Kier alpha value is -4.46. The molecule has 0 aliphatic rings. The molecule has 8 heteroatoms. The molecule has 36 heavy (non-hydrogen) atoms. The third kappa shape index (κ3) is 6.56. The van der Waals surface area contributed by atoms with Crippen LogP contribution in [0.5, 0.6) is 0 Å². The van der Waals surface area contributed by atoms with Gasteiger partial charge in [-0.3, -0.25) is 4.79 Å². The number of esters is 2. The van der Waals surface area contributed by atoms with Gasteiger partial charge in [-0.25, -0.2) is 14.4 Å². The largest absolute Gasteiger partial charge is 0.478 e. The number of ether oxygens (including phenoxy) is 2. The molecule has 0 aliphatic carbocycles. The first-order chi connectivity index (χ1) is 17.0. The molecule has 0 saturated heterocycles. The second-order valence-electron chi connectivity index (χ2n) is 8.53. The number of anilines is 1. The van der Waals surface area contributed by atoms with E-state index in [1.807, 2.05) is 26.8 Å². The monoisotopic (exact) mass is 489 g/mol. The molecule has 1 amide bonds. The first-order valence-corrected chi connectivity index (χ1v) is 11.2. The normalized spacial score (nSPS) is 12.2. The molecule has 0 unspecified atom stereocenters. The van der Waals surface area contributed by atoms with E-state index in [0.29, 0.717) is 5.69 Å². The van der Waals surface area contributed by atoms with Crippen molar-refractivity contribution in [1.29, 1.82) is 0 Å². The third-order valence-electron chi connectivity index (χ3n) is 5.46. The third-order valence-corrected chi connectivity index (χ3v) is 5.46. The predicted molar refractivity (Wildman–Crippen MR) is 133 cm³/mol. The molecule has 0 spiro atoms. The Balaban J connectivity index is 1.92. The molecule has 3 aromatic rings. The summed E-state index contributed by atoms with van der Waals surface area (Å²) in [5.41, 5.74) is 4.06. The van der Waals surface area contributed by atoms with Gasteiger partial charge in [-0.2, -0.15) is 0 Å². The molecular formula is C28H27NO7. The minimum Gasteiger partial charge on any atom is -0.478 e. The minimum absolute atomic E-state index is 0.0882. The van der Waals surface area contributed by atoms with Crippen molar-refractivity contribution in [1.82, 2.24) is 0 Å². The molecule has 0 bridgehead atoms. The summed E-state index contributed by atoms with van der Waals surface area (Å²) >= 11 is 0. The summed E-state index contributed by atoms with van der Waals surface area (Å²) in [5.74, 6) is -4.51. The molecule has 0 aliphatic heterocycles. The quantitative estimate of drug-likeness (QED) is 0.450. The van der Waals surface area contributed by atoms with E-state index in [2.05, 4.69) is 5.32 Å². The Kier molecular flexibility index (Phi) is 8.22. The maximum Gasteiger partial charge on any atom is 0.349 e. The lowest BCUT2D eigenvalue weighted by molar-refractivity contribution is -0.157. The van der Waals surface area contributed by atoms with Crippen LogP contribution in [0.15, 0.2) is 66.7 Å². The Morgan fingerprint density at radius 3 is 1.56 bits per heavy atom. The highest BCUT2D eigenvalue weighted by Gasteiger charge is 2.41. The maximum absolute atomic E-state index is 13.2. The molecule has 0 heterocycles. The van der Waals surface area contributed by atoms with E-state index in [1.54, 1.807) is 43.3 Å². The lowest BCUT2D eigenvalue weighted by atomic mass is 10.1. The summed E-state index contributed by atoms with van der Waals surface area (Å²) in [4.78, 5) is 50.9. The fraction of sp³-hybridized carbons (Fsp3) is 0.214. The number of carbonyl (C=O) groups excluding carboxylic acids is 3. The van der Waals surface area contributed by atoms with Crippen LogP contribution in [0.25, 0.3) is 0 Å². The maximum atomic E-state index is 13.2. The van der Waals surface area contributed by atoms with Gasteiger partial charge in [0.1, 0.15) is 0 Å². The van der Waals surface area contributed by atoms with Gasteiger partial charge in [-0.05, 0) is 63.6 Å². The molecule has 3 rings (SSSR count). The average molecular weight is 490 g/mol. The summed E-state index contributed by atoms with van der Waals surface area (Å²) in [6, 6.07) is 17.8. The van der Waals surface area contributed by atoms with Gasteiger partial charge in [0, 0.05) is 5.69 Å². The van der Waals surface area contributed by atoms with E-state index in [-0.39, 0.29) is 11.1 Å². The molecular weight excluding hydrogens is 462 g/mol. The van der Waals surface area contributed by atoms with Crippen LogP contribution in [-0.2, 0) is 19.1 Å². The van der Waals surface area contributed by atoms with Gasteiger partial charge in [0.25, 0.3) is 5.91 Å². The number of nitrogens with one attached hydrogen (secondary N) is 1. The van der Waals surface area contributed by atoms with Crippen LogP contribution in [0.1, 0.15) is 43.0 Å². The minimum atomic E-state index is -2.10. The van der Waals surface area contributed by atoms with Gasteiger partial charge in [-0.1, -0.05) is 53.1 Å². The van der Waals surface area contributed by atoms with E-state index >= 15 is 0 Å². The van der Waals surface area contributed by atoms with Crippen molar-refractivity contribution in [2.75, 3.05) is 5.32 Å². The summed E-state index contributed by atoms with van der Waals surface area (Å²) in [6.45, 7) is 7.31. The number of rotatable bonds is 8. The zero-order valence-corrected chi connectivity index (χ0v) is 20.4. The molecule has 0 radical (unpaired) electrons. The number of hydrogen-bond donors (Lipinski definition) is 2. The van der Waals surface area contributed by atoms with Crippen LogP contribution in [0.3, 0.4) is 0 Å². The predicted octanol–water partition coefficient (Wildman–Crippen LogP) is 4.39. The summed E-state index contributed by atoms with van der Waals surface area (Å²) in [6.07, 6.45) is -4.06. The number of hydrogen-bond acceptors (Lipinski definition) is 6. The number of carbonyl (C=O) groups is 4. The lowest BCUT2D eigenvalue weighted by Crippen LogP contribution is -2.48. The average Bonchev–Trinajstić information content (AvgIpc) is 2.83. The van der Waals surface area contributed by atoms with Gasteiger partial charge in [0.2, 0.25) is 12.2 Å². The zero-order valence-electron chi connectivity index (χ0n) is 20.4. The van der Waals surface area contributed by atoms with Gasteiger partial charge >= 0.3 is 17.9 Å². The fourth-order valence-corrected chi connectivity index (χ4v) is 3.40. The topological polar surface area (TPSA) is 119 Å². The fourth-order valence-electron chi connectivity index (χ4n) is 3.40. The van der Waals surface area contributed by atoms with Crippen molar-refractivity contribution in [3.05, 3.63) is 100 Å². The molecule has 2 atom stereocenters. The summed E-state index contributed by atoms with van der Waals surface area (Å²) in [5, 5.41) is 12.4. The summed E-state index contributed by atoms with van der Waals surface area (Å²) in [7, 11) is 0. The zero-order chi connectivity index (χ0) is 26.4. The van der Waals surface area contributed by atoms with Gasteiger partial charge < -0.3 is 19.9 Å². The van der Waals surface area contributed by atoms with Crippen molar-refractivity contribution in [3.8, 4) is 0 Å². The van der Waals surface area contributed by atoms with E-state index in [1.165, 1.54) is 24.3 Å². The molecule has 186 valence electrons. The lowest BCUT2D eigenvalue weighted by Gasteiger charge is -2.24. The molecule has 8 nitrogen and oxygen atoms in total. The highest BCUT2D eigenvalue weighted by Crippen LogP contribution is 2.19. The van der Waals surface area contributed by atoms with Crippen LogP contribution in [0, 0.1) is 27.7 Å². The van der Waals surface area contributed by atoms with Crippen molar-refractivity contribution in [3.63, 3.8) is 0 Å². The van der Waals surface area contributed by atoms with Crippen molar-refractivity contribution < 1.29 is 33.8 Å². The highest BCUT2D eigenvalue weighted by atomic mass is 16.6. The molecule has 0 aromatic heterocycles. The van der Waals surface area contributed by atoms with Crippen LogP contribution < -0.4 is 5.32 Å². The molecule has 3 aromatic carbocycles. The van der Waals surface area contributed by atoms with E-state index < -0.39 is 36.0 Å². The highest BCUT2D eigenvalue weighted by molar-refractivity contribution is 6.01. The molecule has 0 fully saturated rings. The first-order valence-electron chi connectivity index (χ1n) is 11.2. The SMILES string of the molecule is Cc1ccc(C(=O)O[C@H](C(=O)O)[C@H](OC(=O)c2ccc(C)cc2)C(=O)Nc2ccc(C)cc2C)cc1. The second-order valence-corrected chi connectivity index (χ2v) is 8.53. The molecule has 0 saturated carbocycles. The Labute approximate surface area is 208 Å². The van der Waals surface area contributed by atoms with Gasteiger partial charge in [0.05, 0.1) is 11.1 Å². The number of carboxylic acid groups (broad SMARTS) is 1. The van der Waals surface area contributed by atoms with Crippen molar-refractivity contribution >= 4 is 29.5 Å². The van der Waals surface area contributed by atoms with Gasteiger partial charge in [0.15, 0.2) is 0 Å². The second kappa shape index (κ2) is 11.3. The van der Waals surface area contributed by atoms with Crippen LogP contribution in [-0.4, -0.2) is 41.1 Å². The van der Waals surface area contributed by atoms with E-state index in [0.717, 1.165) is 22.3 Å².